The first-order valence-corrected chi connectivity index (χ1v) is 9.09. The fourth-order valence-corrected chi connectivity index (χ4v) is 3.46. The van der Waals surface area contributed by atoms with Gasteiger partial charge in [0.1, 0.15) is 11.6 Å². The average Bonchev–Trinajstić information content (AvgIpc) is 2.66. The van der Waals surface area contributed by atoms with E-state index in [2.05, 4.69) is 22.3 Å². The standard InChI is InChI=1S/C21H27FN2O2.ClH/c1-16-12-17(6-7-21(16)25-2)14-23-15-20(24-8-10-26-11-9-24)18-4-3-5-19(22)13-18;/h3-7,12-13,20,23H,8-11,14-15H2,1-2H3;1H. The molecular weight excluding hydrogens is 367 g/mol. The number of halogens is 2. The van der Waals surface area contributed by atoms with Crippen LogP contribution in [-0.2, 0) is 11.3 Å². The van der Waals surface area contributed by atoms with Crippen LogP contribution in [0.4, 0.5) is 4.39 Å². The highest BCUT2D eigenvalue weighted by molar-refractivity contribution is 5.85. The minimum atomic E-state index is -0.188. The fraction of sp³-hybridized carbons (Fsp3) is 0.429. The molecule has 1 fully saturated rings. The minimum absolute atomic E-state index is 0. The zero-order chi connectivity index (χ0) is 18.4. The van der Waals surface area contributed by atoms with E-state index in [1.165, 1.54) is 11.6 Å². The first-order valence-electron chi connectivity index (χ1n) is 9.09. The molecule has 1 N–H and O–H groups in total. The van der Waals surface area contributed by atoms with Crippen molar-refractivity contribution in [1.29, 1.82) is 0 Å². The summed E-state index contributed by atoms with van der Waals surface area (Å²) in [6.45, 7) is 6.75. The van der Waals surface area contributed by atoms with Crippen LogP contribution in [0.2, 0.25) is 0 Å². The Kier molecular flexibility index (Phi) is 8.51. The number of methoxy groups -OCH3 is 1. The Balaban J connectivity index is 0.00000261. The molecule has 1 atom stereocenters. The van der Waals surface area contributed by atoms with Crippen molar-refractivity contribution in [3.8, 4) is 5.75 Å². The topological polar surface area (TPSA) is 33.7 Å². The van der Waals surface area contributed by atoms with Gasteiger partial charge in [0.15, 0.2) is 0 Å². The molecule has 27 heavy (non-hydrogen) atoms. The number of benzene rings is 2. The number of morpholine rings is 1. The largest absolute Gasteiger partial charge is 0.496 e. The van der Waals surface area contributed by atoms with Crippen LogP contribution in [0, 0.1) is 12.7 Å². The van der Waals surface area contributed by atoms with Crippen LogP contribution in [0.5, 0.6) is 5.75 Å². The van der Waals surface area contributed by atoms with Gasteiger partial charge in [0.2, 0.25) is 0 Å². The van der Waals surface area contributed by atoms with E-state index < -0.39 is 0 Å². The number of hydrogen-bond donors (Lipinski definition) is 1. The SMILES string of the molecule is COc1ccc(CNCC(c2cccc(F)c2)N2CCOCC2)cc1C.Cl. The molecule has 1 aliphatic rings. The van der Waals surface area contributed by atoms with Gasteiger partial charge >= 0.3 is 0 Å². The summed E-state index contributed by atoms with van der Waals surface area (Å²) in [5, 5.41) is 3.54. The zero-order valence-corrected chi connectivity index (χ0v) is 16.7. The van der Waals surface area contributed by atoms with E-state index in [-0.39, 0.29) is 24.3 Å². The highest BCUT2D eigenvalue weighted by Gasteiger charge is 2.22. The first-order chi connectivity index (χ1) is 12.7. The van der Waals surface area contributed by atoms with E-state index in [0.29, 0.717) is 0 Å². The van der Waals surface area contributed by atoms with E-state index >= 15 is 0 Å². The van der Waals surface area contributed by atoms with Crippen molar-refractivity contribution in [2.24, 2.45) is 0 Å². The predicted molar refractivity (Wildman–Crippen MR) is 108 cm³/mol. The Hall–Kier alpha value is -1.66. The summed E-state index contributed by atoms with van der Waals surface area (Å²) in [5.74, 6) is 0.714. The second kappa shape index (κ2) is 10.6. The van der Waals surface area contributed by atoms with Crippen molar-refractivity contribution in [1.82, 2.24) is 10.2 Å². The molecule has 4 nitrogen and oxygen atoms in total. The molecule has 0 amide bonds. The molecule has 1 saturated heterocycles. The lowest BCUT2D eigenvalue weighted by atomic mass is 10.0. The Labute approximate surface area is 167 Å². The molecular formula is C21H28ClFN2O2. The van der Waals surface area contributed by atoms with Crippen molar-refractivity contribution in [2.45, 2.75) is 19.5 Å². The van der Waals surface area contributed by atoms with E-state index in [1.54, 1.807) is 19.2 Å². The lowest BCUT2D eigenvalue weighted by Gasteiger charge is -2.35. The number of nitrogens with zero attached hydrogens (tertiary/aromatic N) is 1. The van der Waals surface area contributed by atoms with Gasteiger partial charge in [-0.1, -0.05) is 24.3 Å². The van der Waals surface area contributed by atoms with Crippen molar-refractivity contribution in [3.63, 3.8) is 0 Å². The van der Waals surface area contributed by atoms with E-state index in [9.17, 15) is 4.39 Å². The van der Waals surface area contributed by atoms with Gasteiger partial charge in [0, 0.05) is 32.2 Å². The van der Waals surface area contributed by atoms with Crippen LogP contribution >= 0.6 is 12.4 Å². The zero-order valence-electron chi connectivity index (χ0n) is 15.9. The molecule has 0 spiro atoms. The molecule has 0 saturated carbocycles. The van der Waals surface area contributed by atoms with Crippen molar-refractivity contribution >= 4 is 12.4 Å². The lowest BCUT2D eigenvalue weighted by Crippen LogP contribution is -2.42. The van der Waals surface area contributed by atoms with Crippen LogP contribution < -0.4 is 10.1 Å². The van der Waals surface area contributed by atoms with Crippen LogP contribution in [0.3, 0.4) is 0 Å². The van der Waals surface area contributed by atoms with Crippen molar-refractivity contribution in [2.75, 3.05) is 40.0 Å². The fourth-order valence-electron chi connectivity index (χ4n) is 3.46. The third-order valence-corrected chi connectivity index (χ3v) is 4.85. The summed E-state index contributed by atoms with van der Waals surface area (Å²) >= 11 is 0. The maximum absolute atomic E-state index is 13.7. The number of aryl methyl sites for hydroxylation is 1. The molecule has 6 heteroatoms. The van der Waals surface area contributed by atoms with Gasteiger partial charge in [-0.25, -0.2) is 4.39 Å². The van der Waals surface area contributed by atoms with Gasteiger partial charge in [-0.3, -0.25) is 4.90 Å². The van der Waals surface area contributed by atoms with Crippen LogP contribution in [-0.4, -0.2) is 44.9 Å². The lowest BCUT2D eigenvalue weighted by molar-refractivity contribution is 0.0160. The van der Waals surface area contributed by atoms with Crippen molar-refractivity contribution < 1.29 is 13.9 Å². The molecule has 1 unspecified atom stereocenters. The number of rotatable bonds is 7. The molecule has 0 aliphatic carbocycles. The summed E-state index contributed by atoms with van der Waals surface area (Å²) < 4.78 is 24.5. The van der Waals surface area contributed by atoms with Gasteiger partial charge in [-0.05, 0) is 41.8 Å². The summed E-state index contributed by atoms with van der Waals surface area (Å²) in [4.78, 5) is 2.37. The van der Waals surface area contributed by atoms with Crippen molar-refractivity contribution in [3.05, 3.63) is 65.0 Å². The molecule has 0 bridgehead atoms. The molecule has 0 aromatic heterocycles. The van der Waals surface area contributed by atoms with Gasteiger partial charge in [-0.15, -0.1) is 12.4 Å². The quantitative estimate of drug-likeness (QED) is 0.775. The Morgan fingerprint density at radius 2 is 1.96 bits per heavy atom. The maximum Gasteiger partial charge on any atom is 0.123 e. The third-order valence-electron chi connectivity index (χ3n) is 4.85. The molecule has 0 radical (unpaired) electrons. The van der Waals surface area contributed by atoms with Crippen LogP contribution in [0.1, 0.15) is 22.7 Å². The minimum Gasteiger partial charge on any atom is -0.496 e. The Morgan fingerprint density at radius 1 is 1.19 bits per heavy atom. The van der Waals surface area contributed by atoms with Gasteiger partial charge in [0.25, 0.3) is 0 Å². The maximum atomic E-state index is 13.7. The van der Waals surface area contributed by atoms with E-state index in [0.717, 1.165) is 56.3 Å². The summed E-state index contributed by atoms with van der Waals surface area (Å²) in [6.07, 6.45) is 0. The average molecular weight is 395 g/mol. The van der Waals surface area contributed by atoms with Crippen LogP contribution in [0.25, 0.3) is 0 Å². The number of hydrogen-bond acceptors (Lipinski definition) is 4. The van der Waals surface area contributed by atoms with Gasteiger partial charge < -0.3 is 14.8 Å². The Bertz CT molecular complexity index is 723. The third kappa shape index (κ3) is 5.91. The summed E-state index contributed by atoms with van der Waals surface area (Å²) in [7, 11) is 1.69. The second-order valence-corrected chi connectivity index (χ2v) is 6.65. The molecule has 2 aromatic carbocycles. The van der Waals surface area contributed by atoms with Crippen LogP contribution in [0.15, 0.2) is 42.5 Å². The second-order valence-electron chi connectivity index (χ2n) is 6.65. The molecule has 1 aliphatic heterocycles. The monoisotopic (exact) mass is 394 g/mol. The highest BCUT2D eigenvalue weighted by Crippen LogP contribution is 2.23. The summed E-state index contributed by atoms with van der Waals surface area (Å²) in [6, 6.07) is 13.3. The molecule has 148 valence electrons. The molecule has 1 heterocycles. The Morgan fingerprint density at radius 3 is 2.63 bits per heavy atom. The van der Waals surface area contributed by atoms with E-state index in [1.807, 2.05) is 19.1 Å². The van der Waals surface area contributed by atoms with Gasteiger partial charge in [-0.2, -0.15) is 0 Å². The predicted octanol–water partition coefficient (Wildman–Crippen LogP) is 3.73. The normalized spacial score (nSPS) is 15.8. The highest BCUT2D eigenvalue weighted by atomic mass is 35.5. The number of nitrogens with one attached hydrogen (secondary N) is 1. The van der Waals surface area contributed by atoms with E-state index in [4.69, 9.17) is 9.47 Å². The number of ether oxygens (including phenoxy) is 2. The summed E-state index contributed by atoms with van der Waals surface area (Å²) in [5.41, 5.74) is 3.34. The molecule has 2 aromatic rings. The first kappa shape index (κ1) is 21.6. The molecule has 3 rings (SSSR count). The smallest absolute Gasteiger partial charge is 0.123 e. The van der Waals surface area contributed by atoms with Gasteiger partial charge in [0.05, 0.1) is 20.3 Å².